The molecule has 1 aliphatic heterocycles. The largest absolute Gasteiger partial charge is 0.441 e. The van der Waals surface area contributed by atoms with Crippen LogP contribution in [0.5, 0.6) is 11.5 Å². The van der Waals surface area contributed by atoms with Gasteiger partial charge in [-0.25, -0.2) is 0 Å². The highest BCUT2D eigenvalue weighted by molar-refractivity contribution is 9.10. The number of hydrogen-bond donors (Lipinski definition) is 0. The Morgan fingerprint density at radius 3 is 2.82 bits per heavy atom. The second-order valence-corrected chi connectivity index (χ2v) is 3.68. The molecule has 0 N–H and O–H groups in total. The second-order valence-electron chi connectivity index (χ2n) is 2.08. The molecule has 1 atom stereocenters. The van der Waals surface area contributed by atoms with Gasteiger partial charge in [0.05, 0.1) is 4.47 Å². The smallest absolute Gasteiger partial charge is 0.298 e. The Labute approximate surface area is 80.8 Å². The molecule has 0 saturated heterocycles. The van der Waals surface area contributed by atoms with Gasteiger partial charge in [-0.05, 0) is 28.1 Å². The van der Waals surface area contributed by atoms with Gasteiger partial charge in [-0.3, -0.25) is 0 Å². The molecule has 2 nitrogen and oxygen atoms in total. The molecule has 0 spiro atoms. The lowest BCUT2D eigenvalue weighted by Gasteiger charge is -1.98. The molecule has 2 rings (SSSR count). The number of para-hydroxylation sites is 1. The lowest BCUT2D eigenvalue weighted by molar-refractivity contribution is 0.142. The second kappa shape index (κ2) is 2.68. The van der Waals surface area contributed by atoms with Gasteiger partial charge in [-0.1, -0.05) is 6.07 Å². The average molecular weight is 280 g/mol. The molecule has 1 aliphatic rings. The Balaban J connectivity index is 2.49. The zero-order valence-electron chi connectivity index (χ0n) is 5.38. The third kappa shape index (κ3) is 1.25. The summed E-state index contributed by atoms with van der Waals surface area (Å²) in [7, 11) is 0. The molecule has 0 radical (unpaired) electrons. The van der Waals surface area contributed by atoms with E-state index in [4.69, 9.17) is 9.47 Å². The van der Waals surface area contributed by atoms with Crippen LogP contribution in [-0.4, -0.2) is 5.20 Å². The van der Waals surface area contributed by atoms with Gasteiger partial charge < -0.3 is 9.47 Å². The molecule has 1 aromatic carbocycles. The fourth-order valence-corrected chi connectivity index (χ4v) is 1.74. The van der Waals surface area contributed by atoms with E-state index in [0.717, 1.165) is 16.0 Å². The standard InChI is InChI=1S/C7H4Br2O2/c8-4-2-1-3-5-6(4)11-7(9)10-5/h1-3,7H. The van der Waals surface area contributed by atoms with Gasteiger partial charge in [0.15, 0.2) is 11.5 Å². The first-order valence-electron chi connectivity index (χ1n) is 3.03. The lowest BCUT2D eigenvalue weighted by atomic mass is 10.3. The van der Waals surface area contributed by atoms with Crippen LogP contribution in [0.3, 0.4) is 0 Å². The van der Waals surface area contributed by atoms with Crippen molar-refractivity contribution in [1.29, 1.82) is 0 Å². The number of hydrogen-bond acceptors (Lipinski definition) is 2. The topological polar surface area (TPSA) is 18.5 Å². The molecule has 0 aliphatic carbocycles. The highest BCUT2D eigenvalue weighted by Gasteiger charge is 2.22. The molecule has 0 amide bonds. The highest BCUT2D eigenvalue weighted by Crippen LogP contribution is 2.41. The summed E-state index contributed by atoms with van der Waals surface area (Å²) in [6, 6.07) is 5.67. The zero-order valence-corrected chi connectivity index (χ0v) is 8.55. The van der Waals surface area contributed by atoms with Crippen LogP contribution in [0, 0.1) is 0 Å². The van der Waals surface area contributed by atoms with E-state index in [1.807, 2.05) is 18.2 Å². The maximum Gasteiger partial charge on any atom is 0.298 e. The van der Waals surface area contributed by atoms with Crippen LogP contribution in [0.25, 0.3) is 0 Å². The van der Waals surface area contributed by atoms with Crippen molar-refractivity contribution in [2.24, 2.45) is 0 Å². The molecule has 1 heterocycles. The summed E-state index contributed by atoms with van der Waals surface area (Å²) >= 11 is 6.54. The quantitative estimate of drug-likeness (QED) is 0.680. The summed E-state index contributed by atoms with van der Waals surface area (Å²) in [6.45, 7) is 0. The molecule has 0 bridgehead atoms. The normalized spacial score (nSPS) is 20.4. The van der Waals surface area contributed by atoms with Crippen LogP contribution < -0.4 is 9.47 Å². The first-order chi connectivity index (χ1) is 5.27. The summed E-state index contributed by atoms with van der Waals surface area (Å²) in [6.07, 6.45) is 0. The van der Waals surface area contributed by atoms with Gasteiger partial charge in [0, 0.05) is 15.9 Å². The molecule has 4 heteroatoms. The Morgan fingerprint density at radius 1 is 1.27 bits per heavy atom. The molecular formula is C7H4Br2O2. The van der Waals surface area contributed by atoms with Gasteiger partial charge in [0.2, 0.25) is 0 Å². The SMILES string of the molecule is Brc1cccc2c1OC(Br)O2. The molecular weight excluding hydrogens is 276 g/mol. The Kier molecular flexibility index (Phi) is 1.81. The maximum atomic E-state index is 5.29. The minimum absolute atomic E-state index is 0.351. The summed E-state index contributed by atoms with van der Waals surface area (Å²) < 4.78 is 11.5. The number of ether oxygens (including phenoxy) is 2. The molecule has 58 valence electrons. The van der Waals surface area contributed by atoms with Crippen molar-refractivity contribution in [3.63, 3.8) is 0 Å². The van der Waals surface area contributed by atoms with Crippen molar-refractivity contribution in [3.05, 3.63) is 22.7 Å². The van der Waals surface area contributed by atoms with E-state index in [1.54, 1.807) is 0 Å². The predicted molar refractivity (Wildman–Crippen MR) is 48.1 cm³/mol. The number of fused-ring (bicyclic) bond motifs is 1. The molecule has 1 aromatic rings. The summed E-state index contributed by atoms with van der Waals surface area (Å²) in [4.78, 5) is 0. The Bertz CT molecular complexity index is 288. The van der Waals surface area contributed by atoms with Gasteiger partial charge in [-0.15, -0.1) is 0 Å². The fourth-order valence-electron chi connectivity index (χ4n) is 0.913. The molecule has 0 aromatic heterocycles. The van der Waals surface area contributed by atoms with Gasteiger partial charge >= 0.3 is 0 Å². The Morgan fingerprint density at radius 2 is 2.09 bits per heavy atom. The zero-order chi connectivity index (χ0) is 7.84. The van der Waals surface area contributed by atoms with Gasteiger partial charge in [0.25, 0.3) is 5.20 Å². The van der Waals surface area contributed by atoms with E-state index in [1.165, 1.54) is 0 Å². The first-order valence-corrected chi connectivity index (χ1v) is 4.74. The number of benzene rings is 1. The minimum atomic E-state index is -0.351. The van der Waals surface area contributed by atoms with Crippen molar-refractivity contribution >= 4 is 31.9 Å². The van der Waals surface area contributed by atoms with Crippen LogP contribution in [-0.2, 0) is 0 Å². The van der Waals surface area contributed by atoms with Crippen LogP contribution in [0.15, 0.2) is 22.7 Å². The van der Waals surface area contributed by atoms with E-state index in [9.17, 15) is 0 Å². The van der Waals surface area contributed by atoms with Gasteiger partial charge in [-0.2, -0.15) is 0 Å². The van der Waals surface area contributed by atoms with Crippen molar-refractivity contribution in [2.75, 3.05) is 0 Å². The predicted octanol–water partition coefficient (Wildman–Crippen LogP) is 2.90. The molecule has 0 saturated carbocycles. The van der Waals surface area contributed by atoms with E-state index < -0.39 is 0 Å². The maximum absolute atomic E-state index is 5.29. The average Bonchev–Trinajstić information content (AvgIpc) is 2.31. The summed E-state index contributed by atoms with van der Waals surface area (Å²) in [5.74, 6) is 1.52. The van der Waals surface area contributed by atoms with Crippen LogP contribution >= 0.6 is 31.9 Å². The van der Waals surface area contributed by atoms with Crippen molar-refractivity contribution in [3.8, 4) is 11.5 Å². The monoisotopic (exact) mass is 278 g/mol. The molecule has 1 unspecified atom stereocenters. The lowest BCUT2D eigenvalue weighted by Crippen LogP contribution is -2.06. The molecule has 0 fully saturated rings. The van der Waals surface area contributed by atoms with Crippen LogP contribution in [0.4, 0.5) is 0 Å². The number of halogens is 2. The van der Waals surface area contributed by atoms with Crippen LogP contribution in [0.1, 0.15) is 0 Å². The number of rotatable bonds is 0. The minimum Gasteiger partial charge on any atom is -0.441 e. The van der Waals surface area contributed by atoms with Crippen molar-refractivity contribution < 1.29 is 9.47 Å². The fraction of sp³-hybridized carbons (Fsp3) is 0.143. The Hall–Kier alpha value is -0.220. The van der Waals surface area contributed by atoms with Crippen molar-refractivity contribution in [1.82, 2.24) is 0 Å². The van der Waals surface area contributed by atoms with E-state index in [-0.39, 0.29) is 5.20 Å². The first kappa shape index (κ1) is 7.43. The summed E-state index contributed by atoms with van der Waals surface area (Å²) in [5, 5.41) is -0.351. The van der Waals surface area contributed by atoms with Gasteiger partial charge in [0.1, 0.15) is 0 Å². The van der Waals surface area contributed by atoms with E-state index in [2.05, 4.69) is 31.9 Å². The molecule has 11 heavy (non-hydrogen) atoms. The third-order valence-corrected chi connectivity index (χ3v) is 2.36. The summed E-state index contributed by atoms with van der Waals surface area (Å²) in [5.41, 5.74) is 0. The highest BCUT2D eigenvalue weighted by atomic mass is 79.9. The number of alkyl halides is 1. The van der Waals surface area contributed by atoms with Crippen LogP contribution in [0.2, 0.25) is 0 Å². The van der Waals surface area contributed by atoms with E-state index >= 15 is 0 Å². The third-order valence-electron chi connectivity index (χ3n) is 1.36. The van der Waals surface area contributed by atoms with E-state index in [0.29, 0.717) is 0 Å². The van der Waals surface area contributed by atoms with Crippen molar-refractivity contribution in [2.45, 2.75) is 5.20 Å².